The summed E-state index contributed by atoms with van der Waals surface area (Å²) in [7, 11) is 0. The van der Waals surface area contributed by atoms with Crippen molar-refractivity contribution < 1.29 is 14.3 Å². The van der Waals surface area contributed by atoms with Gasteiger partial charge in [-0.3, -0.25) is 0 Å². The lowest BCUT2D eigenvalue weighted by Crippen LogP contribution is -2.12. The molecule has 0 radical (unpaired) electrons. The molecule has 0 saturated carbocycles. The van der Waals surface area contributed by atoms with Crippen LogP contribution in [0.2, 0.25) is 0 Å². The highest BCUT2D eigenvalue weighted by molar-refractivity contribution is 5.86. The molecule has 0 atom stereocenters. The Labute approximate surface area is 131 Å². The maximum Gasteiger partial charge on any atom is 0.333 e. The molecule has 0 bridgehead atoms. The van der Waals surface area contributed by atoms with Gasteiger partial charge in [0.25, 0.3) is 0 Å². The highest BCUT2D eigenvalue weighted by Gasteiger charge is 2.02. The molecule has 0 N–H and O–H groups in total. The van der Waals surface area contributed by atoms with Crippen molar-refractivity contribution in [3.05, 3.63) is 77.9 Å². The van der Waals surface area contributed by atoms with E-state index in [1.54, 1.807) is 6.92 Å². The van der Waals surface area contributed by atoms with Crippen molar-refractivity contribution >= 4 is 5.97 Å². The highest BCUT2D eigenvalue weighted by atomic mass is 16.6. The summed E-state index contributed by atoms with van der Waals surface area (Å²) in [5, 5.41) is 0. The second kappa shape index (κ2) is 8.03. The van der Waals surface area contributed by atoms with Crippen LogP contribution in [0.3, 0.4) is 0 Å². The summed E-state index contributed by atoms with van der Waals surface area (Å²) in [4.78, 5) is 11.2. The van der Waals surface area contributed by atoms with Gasteiger partial charge in [-0.15, -0.1) is 0 Å². The topological polar surface area (TPSA) is 35.5 Å². The van der Waals surface area contributed by atoms with Gasteiger partial charge < -0.3 is 9.47 Å². The van der Waals surface area contributed by atoms with Gasteiger partial charge in [0.05, 0.1) is 0 Å². The predicted molar refractivity (Wildman–Crippen MR) is 87.0 cm³/mol. The average Bonchev–Trinajstić information content (AvgIpc) is 2.53. The van der Waals surface area contributed by atoms with Crippen molar-refractivity contribution in [3.63, 3.8) is 0 Å². The number of hydrogen-bond acceptors (Lipinski definition) is 3. The Hall–Kier alpha value is -2.55. The maximum atomic E-state index is 11.2. The number of ether oxygens (including phenoxy) is 2. The van der Waals surface area contributed by atoms with E-state index in [-0.39, 0.29) is 12.6 Å². The third kappa shape index (κ3) is 5.09. The van der Waals surface area contributed by atoms with Crippen molar-refractivity contribution in [2.24, 2.45) is 0 Å². The quantitative estimate of drug-likeness (QED) is 0.443. The van der Waals surface area contributed by atoms with E-state index in [0.29, 0.717) is 12.2 Å². The molecule has 22 heavy (non-hydrogen) atoms. The first-order chi connectivity index (χ1) is 10.6. The lowest BCUT2D eigenvalue weighted by molar-refractivity contribution is -0.139. The summed E-state index contributed by atoms with van der Waals surface area (Å²) in [5.74, 6) is 0.380. The van der Waals surface area contributed by atoms with Crippen LogP contribution in [0.1, 0.15) is 18.1 Å². The van der Waals surface area contributed by atoms with Crippen LogP contribution in [0.15, 0.2) is 66.7 Å². The Morgan fingerprint density at radius 1 is 0.955 bits per heavy atom. The third-order valence-electron chi connectivity index (χ3n) is 3.11. The number of benzene rings is 2. The largest absolute Gasteiger partial charge is 0.490 e. The summed E-state index contributed by atoms with van der Waals surface area (Å²) < 4.78 is 10.5. The molecule has 0 amide bonds. The van der Waals surface area contributed by atoms with E-state index in [1.807, 2.05) is 42.5 Å². The van der Waals surface area contributed by atoms with Crippen molar-refractivity contribution in [2.75, 3.05) is 13.2 Å². The number of hydrogen-bond donors (Lipinski definition) is 0. The Bertz CT molecular complexity index is 615. The Morgan fingerprint density at radius 3 is 2.23 bits per heavy atom. The van der Waals surface area contributed by atoms with Crippen molar-refractivity contribution in [3.8, 4) is 5.75 Å². The average molecular weight is 296 g/mol. The zero-order chi connectivity index (χ0) is 15.8. The van der Waals surface area contributed by atoms with Gasteiger partial charge in [-0.1, -0.05) is 49.0 Å². The molecule has 3 nitrogen and oxygen atoms in total. The molecule has 0 aliphatic carbocycles. The summed E-state index contributed by atoms with van der Waals surface area (Å²) in [6.07, 6.45) is 0.900. The fraction of sp³-hybridized carbons (Fsp3) is 0.211. The van der Waals surface area contributed by atoms with Gasteiger partial charge in [0, 0.05) is 5.57 Å². The smallest absolute Gasteiger partial charge is 0.333 e. The van der Waals surface area contributed by atoms with E-state index in [4.69, 9.17) is 9.47 Å². The minimum Gasteiger partial charge on any atom is -0.490 e. The number of carbonyl (C=O) groups excluding carboxylic acids is 1. The van der Waals surface area contributed by atoms with E-state index >= 15 is 0 Å². The summed E-state index contributed by atoms with van der Waals surface area (Å²) in [5.41, 5.74) is 2.90. The van der Waals surface area contributed by atoms with Crippen LogP contribution in [0.4, 0.5) is 0 Å². The molecular formula is C19H20O3. The summed E-state index contributed by atoms with van der Waals surface area (Å²) in [6, 6.07) is 18.3. The van der Waals surface area contributed by atoms with Gasteiger partial charge in [0.15, 0.2) is 0 Å². The van der Waals surface area contributed by atoms with Crippen LogP contribution in [-0.4, -0.2) is 19.2 Å². The number of carbonyl (C=O) groups is 1. The predicted octanol–water partition coefficient (Wildman–Crippen LogP) is 3.78. The normalized spacial score (nSPS) is 10.0. The molecule has 0 aliphatic rings. The summed E-state index contributed by atoms with van der Waals surface area (Å²) >= 11 is 0. The molecule has 0 fully saturated rings. The fourth-order valence-corrected chi connectivity index (χ4v) is 1.95. The summed E-state index contributed by atoms with van der Waals surface area (Å²) in [6.45, 7) is 5.69. The van der Waals surface area contributed by atoms with Gasteiger partial charge in [-0.25, -0.2) is 4.79 Å². The first-order valence-electron chi connectivity index (χ1n) is 7.23. The van der Waals surface area contributed by atoms with Gasteiger partial charge in [0.1, 0.15) is 19.0 Å². The van der Waals surface area contributed by atoms with E-state index in [0.717, 1.165) is 12.2 Å². The van der Waals surface area contributed by atoms with Crippen molar-refractivity contribution in [1.82, 2.24) is 0 Å². The van der Waals surface area contributed by atoms with E-state index in [9.17, 15) is 4.79 Å². The Morgan fingerprint density at radius 2 is 1.59 bits per heavy atom. The van der Waals surface area contributed by atoms with Gasteiger partial charge in [-0.2, -0.15) is 0 Å². The van der Waals surface area contributed by atoms with Gasteiger partial charge in [0.2, 0.25) is 0 Å². The molecule has 0 aliphatic heterocycles. The van der Waals surface area contributed by atoms with Gasteiger partial charge in [-0.05, 0) is 36.6 Å². The second-order valence-corrected chi connectivity index (χ2v) is 5.07. The molecule has 0 saturated heterocycles. The SMILES string of the molecule is C=C(C)C(=O)OCCOc1ccc(Cc2ccccc2)cc1. The molecule has 2 aromatic rings. The molecule has 0 heterocycles. The molecular weight excluding hydrogens is 276 g/mol. The van der Waals surface area contributed by atoms with E-state index in [1.165, 1.54) is 11.1 Å². The molecule has 0 unspecified atom stereocenters. The first kappa shape index (κ1) is 15.8. The van der Waals surface area contributed by atoms with Crippen molar-refractivity contribution in [2.45, 2.75) is 13.3 Å². The van der Waals surface area contributed by atoms with Gasteiger partial charge >= 0.3 is 5.97 Å². The minimum absolute atomic E-state index is 0.220. The molecule has 0 aromatic heterocycles. The Kier molecular flexibility index (Phi) is 5.78. The van der Waals surface area contributed by atoms with Crippen LogP contribution < -0.4 is 4.74 Å². The zero-order valence-electron chi connectivity index (χ0n) is 12.7. The highest BCUT2D eigenvalue weighted by Crippen LogP contribution is 2.15. The third-order valence-corrected chi connectivity index (χ3v) is 3.11. The molecule has 2 aromatic carbocycles. The molecule has 2 rings (SSSR count). The lowest BCUT2D eigenvalue weighted by Gasteiger charge is -2.08. The Balaban J connectivity index is 1.77. The second-order valence-electron chi connectivity index (χ2n) is 5.07. The minimum atomic E-state index is -0.387. The van der Waals surface area contributed by atoms with Crippen molar-refractivity contribution in [1.29, 1.82) is 0 Å². The molecule has 0 spiro atoms. The standard InChI is InChI=1S/C19H20O3/c1-15(2)19(20)22-13-12-21-18-10-8-17(9-11-18)14-16-6-4-3-5-7-16/h3-11H,1,12-14H2,2H3. The van der Waals surface area contributed by atoms with E-state index < -0.39 is 0 Å². The fourth-order valence-electron chi connectivity index (χ4n) is 1.95. The zero-order valence-corrected chi connectivity index (χ0v) is 12.7. The van der Waals surface area contributed by atoms with Crippen LogP contribution in [0, 0.1) is 0 Å². The van der Waals surface area contributed by atoms with Crippen LogP contribution in [-0.2, 0) is 16.0 Å². The van der Waals surface area contributed by atoms with Crippen LogP contribution >= 0.6 is 0 Å². The molecule has 3 heteroatoms. The number of rotatable bonds is 7. The van der Waals surface area contributed by atoms with Crippen LogP contribution in [0.25, 0.3) is 0 Å². The number of esters is 1. The monoisotopic (exact) mass is 296 g/mol. The molecule has 114 valence electrons. The van der Waals surface area contributed by atoms with Crippen LogP contribution in [0.5, 0.6) is 5.75 Å². The lowest BCUT2D eigenvalue weighted by atomic mass is 10.1. The maximum absolute atomic E-state index is 11.2. The van der Waals surface area contributed by atoms with E-state index in [2.05, 4.69) is 18.7 Å². The first-order valence-corrected chi connectivity index (χ1v) is 7.23.